The normalized spacial score (nSPS) is 12.5. The number of hydrogen-bond acceptors (Lipinski definition) is 3. The van der Waals surface area contributed by atoms with E-state index in [0.717, 1.165) is 17.7 Å². The van der Waals surface area contributed by atoms with Crippen molar-refractivity contribution in [1.29, 1.82) is 0 Å². The van der Waals surface area contributed by atoms with Crippen molar-refractivity contribution in [2.45, 2.75) is 26.4 Å². The van der Waals surface area contributed by atoms with E-state index < -0.39 is 0 Å². The zero-order valence-corrected chi connectivity index (χ0v) is 9.62. The summed E-state index contributed by atoms with van der Waals surface area (Å²) in [6.07, 6.45) is 0.984. The molecule has 1 atom stereocenters. The molecule has 1 aromatic carbocycles. The standard InChI is InChI=1S/C12H19NO2/c1-9-5-4-6-11(13)12(9)15-10(2)7-8-14-3/h4-6,10H,7-8,13H2,1-3H3. The van der Waals surface area contributed by atoms with Crippen molar-refractivity contribution in [2.24, 2.45) is 0 Å². The molecule has 0 aliphatic heterocycles. The van der Waals surface area contributed by atoms with E-state index in [1.54, 1.807) is 7.11 Å². The van der Waals surface area contributed by atoms with Crippen molar-refractivity contribution in [3.05, 3.63) is 23.8 Å². The second-order valence-corrected chi connectivity index (χ2v) is 3.70. The van der Waals surface area contributed by atoms with Crippen molar-refractivity contribution >= 4 is 5.69 Å². The van der Waals surface area contributed by atoms with Gasteiger partial charge in [-0.3, -0.25) is 0 Å². The molecule has 1 aromatic rings. The van der Waals surface area contributed by atoms with E-state index in [1.165, 1.54) is 0 Å². The van der Waals surface area contributed by atoms with E-state index in [0.29, 0.717) is 12.3 Å². The minimum Gasteiger partial charge on any atom is -0.488 e. The Bertz CT molecular complexity index is 292. The average molecular weight is 209 g/mol. The molecule has 2 N–H and O–H groups in total. The van der Waals surface area contributed by atoms with Gasteiger partial charge in [0, 0.05) is 20.1 Å². The summed E-state index contributed by atoms with van der Waals surface area (Å²) in [5, 5.41) is 0. The second-order valence-electron chi connectivity index (χ2n) is 3.70. The third-order valence-electron chi connectivity index (χ3n) is 2.29. The van der Waals surface area contributed by atoms with Gasteiger partial charge in [0.05, 0.1) is 11.8 Å². The first kappa shape index (κ1) is 11.9. The maximum absolute atomic E-state index is 5.84. The van der Waals surface area contributed by atoms with Crippen LogP contribution in [-0.2, 0) is 4.74 Å². The van der Waals surface area contributed by atoms with Crippen LogP contribution in [0.15, 0.2) is 18.2 Å². The summed E-state index contributed by atoms with van der Waals surface area (Å²) in [5.41, 5.74) is 7.60. The molecular weight excluding hydrogens is 190 g/mol. The van der Waals surface area contributed by atoms with Gasteiger partial charge in [-0.1, -0.05) is 12.1 Å². The number of nitrogens with two attached hydrogens (primary N) is 1. The molecular formula is C12H19NO2. The van der Waals surface area contributed by atoms with Gasteiger partial charge in [0.2, 0.25) is 0 Å². The molecule has 0 amide bonds. The zero-order chi connectivity index (χ0) is 11.3. The van der Waals surface area contributed by atoms with Gasteiger partial charge in [-0.25, -0.2) is 0 Å². The van der Waals surface area contributed by atoms with Crippen molar-refractivity contribution in [3.63, 3.8) is 0 Å². The maximum Gasteiger partial charge on any atom is 0.145 e. The molecule has 3 nitrogen and oxygen atoms in total. The fourth-order valence-electron chi connectivity index (χ4n) is 1.38. The third-order valence-corrected chi connectivity index (χ3v) is 2.29. The van der Waals surface area contributed by atoms with Gasteiger partial charge < -0.3 is 15.2 Å². The Morgan fingerprint density at radius 2 is 2.13 bits per heavy atom. The summed E-state index contributed by atoms with van der Waals surface area (Å²) < 4.78 is 10.8. The molecule has 0 spiro atoms. The summed E-state index contributed by atoms with van der Waals surface area (Å²) >= 11 is 0. The highest BCUT2D eigenvalue weighted by Gasteiger charge is 2.08. The smallest absolute Gasteiger partial charge is 0.145 e. The molecule has 0 aliphatic carbocycles. The van der Waals surface area contributed by atoms with Crippen LogP contribution in [0, 0.1) is 6.92 Å². The van der Waals surface area contributed by atoms with Crippen LogP contribution in [0.4, 0.5) is 5.69 Å². The highest BCUT2D eigenvalue weighted by molar-refractivity contribution is 5.56. The first-order valence-corrected chi connectivity index (χ1v) is 5.16. The van der Waals surface area contributed by atoms with Crippen molar-refractivity contribution < 1.29 is 9.47 Å². The molecule has 0 saturated heterocycles. The second kappa shape index (κ2) is 5.61. The van der Waals surface area contributed by atoms with Gasteiger partial charge in [-0.2, -0.15) is 0 Å². The Morgan fingerprint density at radius 3 is 2.73 bits per heavy atom. The molecule has 0 fully saturated rings. The number of benzene rings is 1. The van der Waals surface area contributed by atoms with E-state index in [4.69, 9.17) is 15.2 Å². The molecule has 0 heterocycles. The molecule has 0 aromatic heterocycles. The summed E-state index contributed by atoms with van der Waals surface area (Å²) in [4.78, 5) is 0. The lowest BCUT2D eigenvalue weighted by atomic mass is 10.2. The van der Waals surface area contributed by atoms with Crippen LogP contribution < -0.4 is 10.5 Å². The third kappa shape index (κ3) is 3.44. The predicted octanol–water partition coefficient (Wildman–Crippen LogP) is 2.38. The first-order chi connectivity index (χ1) is 7.15. The van der Waals surface area contributed by atoms with Crippen molar-refractivity contribution in [1.82, 2.24) is 0 Å². The lowest BCUT2D eigenvalue weighted by Crippen LogP contribution is -2.15. The SMILES string of the molecule is COCCC(C)Oc1c(C)cccc1N. The fraction of sp³-hybridized carbons (Fsp3) is 0.500. The highest BCUT2D eigenvalue weighted by atomic mass is 16.5. The quantitative estimate of drug-likeness (QED) is 0.757. The number of rotatable bonds is 5. The highest BCUT2D eigenvalue weighted by Crippen LogP contribution is 2.26. The van der Waals surface area contributed by atoms with Crippen LogP contribution in [-0.4, -0.2) is 19.8 Å². The number of nitrogen functional groups attached to an aromatic ring is 1. The number of para-hydroxylation sites is 1. The summed E-state index contributed by atoms with van der Waals surface area (Å²) in [6.45, 7) is 4.71. The maximum atomic E-state index is 5.84. The van der Waals surface area contributed by atoms with E-state index in [2.05, 4.69) is 0 Å². The van der Waals surface area contributed by atoms with Crippen LogP contribution in [0.3, 0.4) is 0 Å². The molecule has 1 unspecified atom stereocenters. The van der Waals surface area contributed by atoms with Gasteiger partial charge in [0.15, 0.2) is 0 Å². The number of aryl methyl sites for hydroxylation is 1. The summed E-state index contributed by atoms with van der Waals surface area (Å²) in [7, 11) is 1.69. The Hall–Kier alpha value is -1.22. The van der Waals surface area contributed by atoms with Gasteiger partial charge in [0.25, 0.3) is 0 Å². The number of methoxy groups -OCH3 is 1. The van der Waals surface area contributed by atoms with E-state index in [-0.39, 0.29) is 6.10 Å². The van der Waals surface area contributed by atoms with Gasteiger partial charge in [-0.15, -0.1) is 0 Å². The molecule has 0 aliphatic rings. The number of ether oxygens (including phenoxy) is 2. The fourth-order valence-corrected chi connectivity index (χ4v) is 1.38. The van der Waals surface area contributed by atoms with Crippen molar-refractivity contribution in [3.8, 4) is 5.75 Å². The Balaban J connectivity index is 2.63. The minimum absolute atomic E-state index is 0.119. The number of hydrogen-bond donors (Lipinski definition) is 1. The summed E-state index contributed by atoms with van der Waals surface area (Å²) in [6, 6.07) is 5.78. The monoisotopic (exact) mass is 209 g/mol. The Kier molecular flexibility index (Phi) is 4.43. The van der Waals surface area contributed by atoms with Crippen LogP contribution in [0.1, 0.15) is 18.9 Å². The van der Waals surface area contributed by atoms with Crippen LogP contribution >= 0.6 is 0 Å². The Morgan fingerprint density at radius 1 is 1.40 bits per heavy atom. The lowest BCUT2D eigenvalue weighted by molar-refractivity contribution is 0.135. The van der Waals surface area contributed by atoms with Gasteiger partial charge in [0.1, 0.15) is 5.75 Å². The molecule has 0 saturated carbocycles. The first-order valence-electron chi connectivity index (χ1n) is 5.16. The van der Waals surface area contributed by atoms with E-state index >= 15 is 0 Å². The molecule has 0 radical (unpaired) electrons. The van der Waals surface area contributed by atoms with Crippen LogP contribution in [0.25, 0.3) is 0 Å². The average Bonchev–Trinajstić information content (AvgIpc) is 2.21. The molecule has 1 rings (SSSR count). The van der Waals surface area contributed by atoms with Crippen molar-refractivity contribution in [2.75, 3.05) is 19.5 Å². The largest absolute Gasteiger partial charge is 0.488 e. The lowest BCUT2D eigenvalue weighted by Gasteiger charge is -2.17. The van der Waals surface area contributed by atoms with Gasteiger partial charge >= 0.3 is 0 Å². The number of anilines is 1. The van der Waals surface area contributed by atoms with Gasteiger partial charge in [-0.05, 0) is 25.5 Å². The van der Waals surface area contributed by atoms with E-state index in [9.17, 15) is 0 Å². The minimum atomic E-state index is 0.119. The topological polar surface area (TPSA) is 44.5 Å². The predicted molar refractivity (Wildman–Crippen MR) is 62.2 cm³/mol. The molecule has 0 bridgehead atoms. The summed E-state index contributed by atoms with van der Waals surface area (Å²) in [5.74, 6) is 0.793. The van der Waals surface area contributed by atoms with E-state index in [1.807, 2.05) is 32.0 Å². The molecule has 3 heteroatoms. The van der Waals surface area contributed by atoms with Crippen LogP contribution in [0.2, 0.25) is 0 Å². The zero-order valence-electron chi connectivity index (χ0n) is 9.62. The van der Waals surface area contributed by atoms with Crippen LogP contribution in [0.5, 0.6) is 5.75 Å². The molecule has 15 heavy (non-hydrogen) atoms. The Labute approximate surface area is 91.2 Å². The molecule has 84 valence electrons.